The molecule has 0 saturated heterocycles. The van der Waals surface area contributed by atoms with Crippen LogP contribution in [0.4, 0.5) is 0 Å². The van der Waals surface area contributed by atoms with E-state index in [0.717, 1.165) is 25.8 Å². The second-order valence-electron chi connectivity index (χ2n) is 4.41. The first-order valence-electron chi connectivity index (χ1n) is 6.83. The van der Waals surface area contributed by atoms with E-state index in [1.54, 1.807) is 12.1 Å². The minimum absolute atomic E-state index is 0.117. The van der Waals surface area contributed by atoms with Gasteiger partial charge < -0.3 is 10.1 Å². The molecule has 1 aromatic rings. The first-order chi connectivity index (χ1) is 10.5. The van der Waals surface area contributed by atoms with Crippen molar-refractivity contribution in [3.63, 3.8) is 0 Å². The van der Waals surface area contributed by atoms with Crippen LogP contribution >= 0.6 is 0 Å². The zero-order valence-corrected chi connectivity index (χ0v) is 13.7. The molecule has 0 bridgehead atoms. The molecule has 0 aliphatic heterocycles. The van der Waals surface area contributed by atoms with Crippen LogP contribution in [0.3, 0.4) is 0 Å². The highest BCUT2D eigenvalue weighted by Crippen LogP contribution is 2.07. The molecular formula is C13H19N3O4S2. The molecule has 1 unspecified atom stereocenters. The summed E-state index contributed by atoms with van der Waals surface area (Å²) in [5.41, 5.74) is 0.510. The molecule has 1 aromatic heterocycles. The number of hydrogen-bond acceptors (Lipinski definition) is 7. The summed E-state index contributed by atoms with van der Waals surface area (Å²) in [4.78, 5) is 4.01. The quantitative estimate of drug-likeness (QED) is 0.577. The van der Waals surface area contributed by atoms with E-state index in [1.165, 1.54) is 6.20 Å². The molecule has 1 atom stereocenters. The molecule has 2 N–H and O–H groups in total. The largest absolute Gasteiger partial charge is 0.478 e. The van der Waals surface area contributed by atoms with Gasteiger partial charge in [-0.2, -0.15) is 9.47 Å². The van der Waals surface area contributed by atoms with E-state index in [9.17, 15) is 4.21 Å². The number of aromatic nitrogens is 1. The Hall–Kier alpha value is -1.31. The van der Waals surface area contributed by atoms with Crippen LogP contribution in [0.1, 0.15) is 24.8 Å². The van der Waals surface area contributed by atoms with Gasteiger partial charge >= 0.3 is 0 Å². The Bertz CT molecular complexity index is 570. The lowest BCUT2D eigenvalue weighted by atomic mass is 10.2. The summed E-state index contributed by atoms with van der Waals surface area (Å²) < 4.78 is 29.3. The monoisotopic (exact) mass is 345 g/mol. The standard InChI is InChI=1S/C13H19N3O4S2/c14-10-12-4-5-13(16-11-12)19-8-3-1-2-6-15-7-9-20-22(17,18)21/h4-5,11,15H,1-3,6-9H2,(H,17,18,21). The predicted molar refractivity (Wildman–Crippen MR) is 85.3 cm³/mol. The summed E-state index contributed by atoms with van der Waals surface area (Å²) in [5.74, 6) is 0.519. The Kier molecular flexibility index (Phi) is 8.88. The number of pyridine rings is 1. The van der Waals surface area contributed by atoms with Crippen LogP contribution < -0.4 is 10.1 Å². The van der Waals surface area contributed by atoms with Crippen molar-refractivity contribution in [2.45, 2.75) is 19.3 Å². The van der Waals surface area contributed by atoms with E-state index in [0.29, 0.717) is 24.6 Å². The lowest BCUT2D eigenvalue weighted by Gasteiger charge is -2.06. The van der Waals surface area contributed by atoms with E-state index < -0.39 is 9.05 Å². The van der Waals surface area contributed by atoms with E-state index in [1.807, 2.05) is 6.07 Å². The Morgan fingerprint density at radius 3 is 2.77 bits per heavy atom. The highest BCUT2D eigenvalue weighted by Gasteiger charge is 1.99. The van der Waals surface area contributed by atoms with Crippen molar-refractivity contribution in [3.8, 4) is 11.9 Å². The molecule has 0 fully saturated rings. The summed E-state index contributed by atoms with van der Waals surface area (Å²) in [6.07, 6.45) is 4.33. The van der Waals surface area contributed by atoms with Gasteiger partial charge in [0.25, 0.3) is 9.05 Å². The summed E-state index contributed by atoms with van der Waals surface area (Å²) >= 11 is 4.19. The number of hydrogen-bond donors (Lipinski definition) is 2. The average Bonchev–Trinajstić information content (AvgIpc) is 2.48. The van der Waals surface area contributed by atoms with Crippen molar-refractivity contribution in [1.29, 1.82) is 5.26 Å². The normalized spacial score (nSPS) is 13.3. The minimum atomic E-state index is -3.51. The SMILES string of the molecule is N#Cc1ccc(OCCCCCNCCOS(=O)(O)=S)nc1. The lowest BCUT2D eigenvalue weighted by Crippen LogP contribution is -2.22. The van der Waals surface area contributed by atoms with E-state index >= 15 is 0 Å². The molecule has 0 amide bonds. The van der Waals surface area contributed by atoms with Gasteiger partial charge in [-0.05, 0) is 31.9 Å². The van der Waals surface area contributed by atoms with Gasteiger partial charge in [0.1, 0.15) is 6.07 Å². The van der Waals surface area contributed by atoms with Crippen molar-refractivity contribution in [1.82, 2.24) is 10.3 Å². The maximum atomic E-state index is 10.6. The number of ether oxygens (including phenoxy) is 1. The van der Waals surface area contributed by atoms with Crippen LogP contribution in [0, 0.1) is 11.3 Å². The van der Waals surface area contributed by atoms with Gasteiger partial charge in [-0.15, -0.1) is 0 Å². The van der Waals surface area contributed by atoms with Crippen molar-refractivity contribution >= 4 is 20.2 Å². The summed E-state index contributed by atoms with van der Waals surface area (Å²) in [6.45, 7) is 1.97. The van der Waals surface area contributed by atoms with Gasteiger partial charge in [0.15, 0.2) is 0 Å². The number of rotatable bonds is 11. The van der Waals surface area contributed by atoms with Crippen molar-refractivity contribution < 1.29 is 17.7 Å². The fourth-order valence-electron chi connectivity index (χ4n) is 1.58. The Morgan fingerprint density at radius 2 is 2.14 bits per heavy atom. The van der Waals surface area contributed by atoms with E-state index in [4.69, 9.17) is 14.6 Å². The van der Waals surface area contributed by atoms with Crippen molar-refractivity contribution in [2.24, 2.45) is 0 Å². The zero-order chi connectivity index (χ0) is 16.3. The number of nitrogens with zero attached hydrogens (tertiary/aromatic N) is 2. The highest BCUT2D eigenvalue weighted by atomic mass is 32.9. The van der Waals surface area contributed by atoms with E-state index in [2.05, 4.69) is 25.7 Å². The predicted octanol–water partition coefficient (Wildman–Crippen LogP) is 1.24. The molecule has 22 heavy (non-hydrogen) atoms. The topological polar surface area (TPSA) is 104 Å². The third-order valence-corrected chi connectivity index (χ3v) is 3.38. The molecule has 9 heteroatoms. The maximum Gasteiger partial charge on any atom is 0.266 e. The third kappa shape index (κ3) is 9.59. The summed E-state index contributed by atoms with van der Waals surface area (Å²) in [6, 6.07) is 5.35. The molecule has 1 rings (SSSR count). The first-order valence-corrected chi connectivity index (χ1v) is 9.19. The second kappa shape index (κ2) is 10.4. The van der Waals surface area contributed by atoms with Crippen molar-refractivity contribution in [3.05, 3.63) is 23.9 Å². The van der Waals surface area contributed by atoms with Gasteiger partial charge in [-0.1, -0.05) is 0 Å². The number of unbranched alkanes of at least 4 members (excludes halogenated alkanes) is 2. The lowest BCUT2D eigenvalue weighted by molar-refractivity contribution is 0.290. The van der Waals surface area contributed by atoms with Crippen LogP contribution in [0.2, 0.25) is 0 Å². The fourth-order valence-corrected chi connectivity index (χ4v) is 2.08. The fraction of sp³-hybridized carbons (Fsp3) is 0.538. The minimum Gasteiger partial charge on any atom is -0.478 e. The van der Waals surface area contributed by atoms with Crippen LogP contribution in [0.15, 0.2) is 18.3 Å². The summed E-state index contributed by atoms with van der Waals surface area (Å²) in [5, 5.41) is 11.7. The molecule has 0 aliphatic rings. The number of nitriles is 1. The first kappa shape index (κ1) is 18.7. The van der Waals surface area contributed by atoms with Gasteiger partial charge in [0.2, 0.25) is 5.88 Å². The molecular weight excluding hydrogens is 326 g/mol. The number of nitrogens with one attached hydrogen (secondary N) is 1. The highest BCUT2D eigenvalue weighted by molar-refractivity contribution is 8.27. The molecule has 0 aromatic carbocycles. The Labute approximate surface area is 135 Å². The molecule has 0 spiro atoms. The Balaban J connectivity index is 1.94. The molecule has 0 saturated carbocycles. The van der Waals surface area contributed by atoms with Crippen LogP contribution in [0.5, 0.6) is 5.88 Å². The third-order valence-electron chi connectivity index (χ3n) is 2.62. The molecule has 7 nitrogen and oxygen atoms in total. The van der Waals surface area contributed by atoms with Gasteiger partial charge in [0.05, 0.1) is 18.8 Å². The van der Waals surface area contributed by atoms with Gasteiger partial charge in [-0.3, -0.25) is 8.74 Å². The zero-order valence-electron chi connectivity index (χ0n) is 12.1. The van der Waals surface area contributed by atoms with Crippen molar-refractivity contribution in [2.75, 3.05) is 26.3 Å². The van der Waals surface area contributed by atoms with Crippen LogP contribution in [-0.4, -0.2) is 40.0 Å². The molecule has 0 aliphatic carbocycles. The van der Waals surface area contributed by atoms with Gasteiger partial charge in [-0.25, -0.2) is 4.98 Å². The smallest absolute Gasteiger partial charge is 0.266 e. The van der Waals surface area contributed by atoms with Crippen LogP contribution in [0.25, 0.3) is 0 Å². The molecule has 1 heterocycles. The molecule has 0 radical (unpaired) electrons. The molecule has 122 valence electrons. The van der Waals surface area contributed by atoms with Crippen LogP contribution in [-0.2, 0) is 24.4 Å². The Morgan fingerprint density at radius 1 is 1.32 bits per heavy atom. The van der Waals surface area contributed by atoms with Gasteiger partial charge in [0, 0.05) is 30.0 Å². The second-order valence-corrected chi connectivity index (χ2v) is 6.76. The van der Waals surface area contributed by atoms with E-state index in [-0.39, 0.29) is 6.61 Å². The average molecular weight is 345 g/mol. The maximum absolute atomic E-state index is 10.6. The summed E-state index contributed by atoms with van der Waals surface area (Å²) in [7, 11) is -3.51.